The summed E-state index contributed by atoms with van der Waals surface area (Å²) in [5.41, 5.74) is 1.61. The molecule has 0 spiro atoms. The lowest BCUT2D eigenvalue weighted by Crippen LogP contribution is -2.34. The first-order valence-electron chi connectivity index (χ1n) is 7.78. The Hall–Kier alpha value is -2.53. The van der Waals surface area contributed by atoms with Crippen molar-refractivity contribution < 1.29 is 14.3 Å². The largest absolute Gasteiger partial charge is 0.497 e. The van der Waals surface area contributed by atoms with Crippen LogP contribution in [0.4, 0.5) is 0 Å². The van der Waals surface area contributed by atoms with Crippen LogP contribution in [0.15, 0.2) is 48.5 Å². The minimum absolute atomic E-state index is 0.00991. The van der Waals surface area contributed by atoms with E-state index < -0.39 is 0 Å². The third kappa shape index (κ3) is 4.26. The van der Waals surface area contributed by atoms with Gasteiger partial charge in [-0.25, -0.2) is 0 Å². The lowest BCUT2D eigenvalue weighted by atomic mass is 10.0. The lowest BCUT2D eigenvalue weighted by Gasteiger charge is -2.26. The number of para-hydroxylation sites is 1. The third-order valence-corrected chi connectivity index (χ3v) is 3.91. The Morgan fingerprint density at radius 3 is 2.50 bits per heavy atom. The Morgan fingerprint density at radius 2 is 1.83 bits per heavy atom. The highest BCUT2D eigenvalue weighted by Crippen LogP contribution is 2.27. The van der Waals surface area contributed by atoms with E-state index >= 15 is 0 Å². The molecule has 1 unspecified atom stereocenters. The minimum atomic E-state index is -0.129. The van der Waals surface area contributed by atoms with Gasteiger partial charge in [0.25, 0.3) is 5.91 Å². The average molecular weight is 328 g/mol. The third-order valence-electron chi connectivity index (χ3n) is 3.91. The summed E-state index contributed by atoms with van der Waals surface area (Å²) in [5, 5.41) is 2.99. The number of amides is 1. The van der Waals surface area contributed by atoms with E-state index in [-0.39, 0.29) is 11.9 Å². The van der Waals surface area contributed by atoms with Crippen molar-refractivity contribution >= 4 is 5.91 Å². The number of nitrogens with one attached hydrogen (secondary N) is 1. The van der Waals surface area contributed by atoms with Crippen molar-refractivity contribution in [3.05, 3.63) is 59.7 Å². The van der Waals surface area contributed by atoms with Gasteiger partial charge in [0.05, 0.1) is 20.3 Å². The van der Waals surface area contributed by atoms with Crippen LogP contribution < -0.4 is 14.8 Å². The number of carbonyl (C=O) groups is 1. The van der Waals surface area contributed by atoms with Crippen molar-refractivity contribution in [1.29, 1.82) is 0 Å². The first-order valence-corrected chi connectivity index (χ1v) is 7.78. The van der Waals surface area contributed by atoms with Crippen LogP contribution in [0.25, 0.3) is 0 Å². The molecule has 2 aromatic carbocycles. The van der Waals surface area contributed by atoms with Gasteiger partial charge in [-0.05, 0) is 38.4 Å². The number of hydrogen-bond acceptors (Lipinski definition) is 4. The summed E-state index contributed by atoms with van der Waals surface area (Å²) in [6.07, 6.45) is 0. The van der Waals surface area contributed by atoms with Crippen LogP contribution in [0.3, 0.4) is 0 Å². The van der Waals surface area contributed by atoms with E-state index in [4.69, 9.17) is 9.47 Å². The molecule has 0 heterocycles. The van der Waals surface area contributed by atoms with Crippen LogP contribution in [0.2, 0.25) is 0 Å². The molecule has 0 saturated carbocycles. The Labute approximate surface area is 143 Å². The second-order valence-corrected chi connectivity index (χ2v) is 5.66. The van der Waals surface area contributed by atoms with Crippen LogP contribution in [0.5, 0.6) is 11.5 Å². The van der Waals surface area contributed by atoms with Crippen molar-refractivity contribution in [3.8, 4) is 11.5 Å². The normalized spacial score (nSPS) is 11.9. The maximum Gasteiger partial charge on any atom is 0.251 e. The van der Waals surface area contributed by atoms with Crippen LogP contribution in [-0.4, -0.2) is 45.7 Å². The average Bonchev–Trinajstić information content (AvgIpc) is 2.61. The van der Waals surface area contributed by atoms with Crippen LogP contribution in [0, 0.1) is 0 Å². The van der Waals surface area contributed by atoms with Gasteiger partial charge in [-0.3, -0.25) is 4.79 Å². The fourth-order valence-electron chi connectivity index (χ4n) is 2.57. The van der Waals surface area contributed by atoms with Gasteiger partial charge in [0.15, 0.2) is 0 Å². The molecule has 1 N–H and O–H groups in total. The summed E-state index contributed by atoms with van der Waals surface area (Å²) in [7, 11) is 7.20. The molecule has 0 aliphatic carbocycles. The molecular weight excluding hydrogens is 304 g/mol. The molecule has 0 fully saturated rings. The number of rotatable bonds is 7. The summed E-state index contributed by atoms with van der Waals surface area (Å²) in [6.45, 7) is 0.476. The summed E-state index contributed by atoms with van der Waals surface area (Å²) < 4.78 is 10.6. The predicted octanol–water partition coefficient (Wildman–Crippen LogP) is 2.74. The first-order chi connectivity index (χ1) is 11.6. The number of methoxy groups -OCH3 is 2. The van der Waals surface area contributed by atoms with Gasteiger partial charge in [0.1, 0.15) is 11.5 Å². The van der Waals surface area contributed by atoms with Crippen LogP contribution in [0.1, 0.15) is 22.0 Å². The monoisotopic (exact) mass is 328 g/mol. The number of carbonyl (C=O) groups excluding carboxylic acids is 1. The van der Waals surface area contributed by atoms with Crippen molar-refractivity contribution in [2.75, 3.05) is 34.9 Å². The molecule has 5 nitrogen and oxygen atoms in total. The molecule has 1 atom stereocenters. The van der Waals surface area contributed by atoms with Gasteiger partial charge in [0, 0.05) is 17.7 Å². The van der Waals surface area contributed by atoms with E-state index in [0.29, 0.717) is 17.9 Å². The van der Waals surface area contributed by atoms with Gasteiger partial charge in [0.2, 0.25) is 0 Å². The predicted molar refractivity (Wildman–Crippen MR) is 94.7 cm³/mol. The van der Waals surface area contributed by atoms with E-state index in [2.05, 4.69) is 10.2 Å². The maximum atomic E-state index is 12.4. The van der Waals surface area contributed by atoms with Crippen molar-refractivity contribution in [2.45, 2.75) is 6.04 Å². The summed E-state index contributed by atoms with van der Waals surface area (Å²) in [4.78, 5) is 14.5. The highest BCUT2D eigenvalue weighted by Gasteiger charge is 2.19. The van der Waals surface area contributed by atoms with Gasteiger partial charge >= 0.3 is 0 Å². The number of likely N-dealkylation sites (N-methyl/N-ethyl adjacent to an activating group) is 1. The zero-order valence-electron chi connectivity index (χ0n) is 14.6. The van der Waals surface area contributed by atoms with Crippen LogP contribution in [-0.2, 0) is 0 Å². The smallest absolute Gasteiger partial charge is 0.251 e. The molecule has 0 aliphatic rings. The number of hydrogen-bond donors (Lipinski definition) is 1. The van der Waals surface area contributed by atoms with Crippen molar-refractivity contribution in [2.24, 2.45) is 0 Å². The second kappa shape index (κ2) is 8.36. The molecule has 0 aliphatic heterocycles. The molecule has 2 aromatic rings. The van der Waals surface area contributed by atoms with E-state index in [9.17, 15) is 4.79 Å². The second-order valence-electron chi connectivity index (χ2n) is 5.66. The first kappa shape index (κ1) is 17.8. The molecular formula is C19H24N2O3. The van der Waals surface area contributed by atoms with E-state index in [0.717, 1.165) is 11.3 Å². The number of nitrogens with zero attached hydrogens (tertiary/aromatic N) is 1. The minimum Gasteiger partial charge on any atom is -0.497 e. The molecule has 2 rings (SSSR count). The standard InChI is InChI=1S/C19H24N2O3/c1-21(2)17(16-10-5-6-11-18(16)24-4)13-20-19(22)14-8-7-9-15(12-14)23-3/h5-12,17H,13H2,1-4H3,(H,20,22). The zero-order chi connectivity index (χ0) is 17.5. The van der Waals surface area contributed by atoms with Gasteiger partial charge in [-0.15, -0.1) is 0 Å². The molecule has 128 valence electrons. The highest BCUT2D eigenvalue weighted by molar-refractivity contribution is 5.94. The fourth-order valence-corrected chi connectivity index (χ4v) is 2.57. The molecule has 0 radical (unpaired) electrons. The number of ether oxygens (including phenoxy) is 2. The van der Waals surface area contributed by atoms with Crippen molar-refractivity contribution in [1.82, 2.24) is 10.2 Å². The van der Waals surface area contributed by atoms with E-state index in [1.165, 1.54) is 0 Å². The summed E-state index contributed by atoms with van der Waals surface area (Å²) in [6, 6.07) is 15.0. The molecule has 0 saturated heterocycles. The topological polar surface area (TPSA) is 50.8 Å². The van der Waals surface area contributed by atoms with E-state index in [1.54, 1.807) is 32.4 Å². The molecule has 0 aromatic heterocycles. The Kier molecular flexibility index (Phi) is 6.21. The summed E-state index contributed by atoms with van der Waals surface area (Å²) in [5.74, 6) is 1.35. The van der Waals surface area contributed by atoms with Gasteiger partial charge in [-0.2, -0.15) is 0 Å². The molecule has 0 bridgehead atoms. The molecule has 5 heteroatoms. The summed E-state index contributed by atoms with van der Waals surface area (Å²) >= 11 is 0. The van der Waals surface area contributed by atoms with E-state index in [1.807, 2.05) is 44.4 Å². The van der Waals surface area contributed by atoms with Crippen LogP contribution >= 0.6 is 0 Å². The quantitative estimate of drug-likeness (QED) is 0.849. The molecule has 1 amide bonds. The SMILES string of the molecule is COc1cccc(C(=O)NCC(c2ccccc2OC)N(C)C)c1. The van der Waals surface area contributed by atoms with Crippen molar-refractivity contribution in [3.63, 3.8) is 0 Å². The highest BCUT2D eigenvalue weighted by atomic mass is 16.5. The maximum absolute atomic E-state index is 12.4. The Morgan fingerprint density at radius 1 is 1.08 bits per heavy atom. The fraction of sp³-hybridized carbons (Fsp3) is 0.316. The lowest BCUT2D eigenvalue weighted by molar-refractivity contribution is 0.0941. The van der Waals surface area contributed by atoms with Gasteiger partial charge < -0.3 is 19.7 Å². The number of benzene rings is 2. The molecule has 24 heavy (non-hydrogen) atoms. The zero-order valence-corrected chi connectivity index (χ0v) is 14.6. The Bertz CT molecular complexity index is 686. The van der Waals surface area contributed by atoms with Gasteiger partial charge in [-0.1, -0.05) is 24.3 Å². The Balaban J connectivity index is 2.12.